The first-order chi connectivity index (χ1) is 12.3. The van der Waals surface area contributed by atoms with Crippen LogP contribution in [0, 0.1) is 0 Å². The summed E-state index contributed by atoms with van der Waals surface area (Å²) in [5, 5.41) is 0. The molecule has 4 nitrogen and oxygen atoms in total. The maximum absolute atomic E-state index is 12.8. The van der Waals surface area contributed by atoms with E-state index in [4.69, 9.17) is 0 Å². The molecule has 0 unspecified atom stereocenters. The van der Waals surface area contributed by atoms with E-state index in [1.165, 1.54) is 5.56 Å². The first-order valence-corrected chi connectivity index (χ1v) is 9.79. The van der Waals surface area contributed by atoms with Gasteiger partial charge in [0.15, 0.2) is 0 Å². The van der Waals surface area contributed by atoms with Crippen LogP contribution >= 0.6 is 11.8 Å². The Morgan fingerprint density at radius 2 is 1.96 bits per heavy atom. The number of pyridine rings is 1. The normalized spacial score (nSPS) is 13.9. The van der Waals surface area contributed by atoms with Gasteiger partial charge in [0, 0.05) is 18.0 Å². The fourth-order valence-corrected chi connectivity index (χ4v) is 3.87. The second kappa shape index (κ2) is 7.31. The van der Waals surface area contributed by atoms with Crippen LogP contribution in [0.2, 0.25) is 0 Å². The zero-order valence-corrected chi connectivity index (χ0v) is 14.9. The highest BCUT2D eigenvalue weighted by molar-refractivity contribution is 7.99. The number of fused-ring (bicyclic) bond motifs is 1. The number of imidazole rings is 1. The van der Waals surface area contributed by atoms with Gasteiger partial charge in [0.1, 0.15) is 5.65 Å². The first-order valence-electron chi connectivity index (χ1n) is 8.63. The predicted molar refractivity (Wildman–Crippen MR) is 101 cm³/mol. The van der Waals surface area contributed by atoms with Crippen LogP contribution in [-0.2, 0) is 17.1 Å². The molecule has 128 valence electrons. The van der Waals surface area contributed by atoms with Gasteiger partial charge in [0.2, 0.25) is 5.91 Å². The van der Waals surface area contributed by atoms with Crippen molar-refractivity contribution in [3.05, 3.63) is 72.2 Å². The highest BCUT2D eigenvalue weighted by Crippen LogP contribution is 2.29. The van der Waals surface area contributed by atoms with Gasteiger partial charge < -0.3 is 9.30 Å². The summed E-state index contributed by atoms with van der Waals surface area (Å²) in [6, 6.07) is 16.7. The molecule has 1 aliphatic rings. The molecule has 5 heteroatoms. The number of nitrogens with zero attached hydrogens (tertiary/aromatic N) is 3. The Labute approximate surface area is 151 Å². The van der Waals surface area contributed by atoms with E-state index in [0.717, 1.165) is 29.9 Å². The predicted octanol–water partition coefficient (Wildman–Crippen LogP) is 3.76. The summed E-state index contributed by atoms with van der Waals surface area (Å²) in [4.78, 5) is 19.2. The maximum Gasteiger partial charge on any atom is 0.233 e. The van der Waals surface area contributed by atoms with E-state index in [-0.39, 0.29) is 5.91 Å². The second-order valence-corrected chi connectivity index (χ2v) is 7.40. The molecule has 0 aliphatic heterocycles. The highest BCUT2D eigenvalue weighted by atomic mass is 32.2. The van der Waals surface area contributed by atoms with E-state index >= 15 is 0 Å². The van der Waals surface area contributed by atoms with E-state index in [1.807, 2.05) is 53.7 Å². The molecule has 0 N–H and O–H groups in total. The zero-order valence-electron chi connectivity index (χ0n) is 14.0. The molecule has 0 atom stereocenters. The maximum atomic E-state index is 12.8. The number of carbonyl (C=O) groups is 1. The first kappa shape index (κ1) is 16.2. The standard InChI is InChI=1S/C20H21N3OS/c24-20(15-25-14-16-6-2-1-3-7-16)23(17-9-10-17)13-18-12-21-19-8-4-5-11-22(18)19/h1-8,11-12,17H,9-10,13-15H2. The topological polar surface area (TPSA) is 37.6 Å². The van der Waals surface area contributed by atoms with Crippen molar-refractivity contribution in [2.24, 2.45) is 0 Å². The molecule has 4 rings (SSSR count). The lowest BCUT2D eigenvalue weighted by atomic mass is 10.2. The average molecular weight is 351 g/mol. The number of carbonyl (C=O) groups excluding carboxylic acids is 1. The Balaban J connectivity index is 1.40. The van der Waals surface area contributed by atoms with Crippen LogP contribution in [0.4, 0.5) is 0 Å². The third-order valence-electron chi connectivity index (χ3n) is 4.47. The minimum absolute atomic E-state index is 0.231. The minimum Gasteiger partial charge on any atom is -0.333 e. The van der Waals surface area contributed by atoms with Crippen LogP contribution in [0.5, 0.6) is 0 Å². The molecular weight excluding hydrogens is 330 g/mol. The van der Waals surface area contributed by atoms with Gasteiger partial charge in [-0.3, -0.25) is 4.79 Å². The Kier molecular flexibility index (Phi) is 4.74. The van der Waals surface area contributed by atoms with Gasteiger partial charge in [-0.1, -0.05) is 36.4 Å². The van der Waals surface area contributed by atoms with Crippen molar-refractivity contribution in [1.29, 1.82) is 0 Å². The second-order valence-electron chi connectivity index (χ2n) is 6.41. The van der Waals surface area contributed by atoms with Crippen molar-refractivity contribution in [2.45, 2.75) is 31.2 Å². The van der Waals surface area contributed by atoms with Gasteiger partial charge in [-0.2, -0.15) is 0 Å². The van der Waals surface area contributed by atoms with E-state index < -0.39 is 0 Å². The van der Waals surface area contributed by atoms with Gasteiger partial charge in [0.25, 0.3) is 0 Å². The number of rotatable bonds is 7. The number of hydrogen-bond acceptors (Lipinski definition) is 3. The molecule has 0 radical (unpaired) electrons. The fraction of sp³-hybridized carbons (Fsp3) is 0.300. The molecule has 1 saturated carbocycles. The Bertz CT molecular complexity index is 858. The molecule has 2 heterocycles. The van der Waals surface area contributed by atoms with Crippen molar-refractivity contribution in [2.75, 3.05) is 5.75 Å². The zero-order chi connectivity index (χ0) is 17.1. The molecule has 0 bridgehead atoms. The number of aromatic nitrogens is 2. The Morgan fingerprint density at radius 3 is 2.76 bits per heavy atom. The molecule has 3 aromatic rings. The van der Waals surface area contributed by atoms with Gasteiger partial charge >= 0.3 is 0 Å². The van der Waals surface area contributed by atoms with Crippen LogP contribution in [-0.4, -0.2) is 32.0 Å². The summed E-state index contributed by atoms with van der Waals surface area (Å²) in [5.74, 6) is 1.64. The van der Waals surface area contributed by atoms with Crippen molar-refractivity contribution in [1.82, 2.24) is 14.3 Å². The van der Waals surface area contributed by atoms with Crippen LogP contribution in [0.25, 0.3) is 5.65 Å². The Morgan fingerprint density at radius 1 is 1.16 bits per heavy atom. The lowest BCUT2D eigenvalue weighted by Gasteiger charge is -2.22. The molecule has 2 aromatic heterocycles. The van der Waals surface area contributed by atoms with E-state index in [0.29, 0.717) is 18.3 Å². The van der Waals surface area contributed by atoms with Crippen LogP contribution in [0.1, 0.15) is 24.1 Å². The van der Waals surface area contributed by atoms with E-state index in [2.05, 4.69) is 21.5 Å². The van der Waals surface area contributed by atoms with Gasteiger partial charge in [-0.05, 0) is 30.5 Å². The van der Waals surface area contributed by atoms with Gasteiger partial charge in [-0.25, -0.2) is 4.98 Å². The van der Waals surface area contributed by atoms with Crippen molar-refractivity contribution >= 4 is 23.3 Å². The monoisotopic (exact) mass is 351 g/mol. The number of benzene rings is 1. The van der Waals surface area contributed by atoms with Crippen LogP contribution < -0.4 is 0 Å². The summed E-state index contributed by atoms with van der Waals surface area (Å²) >= 11 is 1.69. The summed E-state index contributed by atoms with van der Waals surface area (Å²) in [6.45, 7) is 0.639. The minimum atomic E-state index is 0.231. The third-order valence-corrected chi connectivity index (χ3v) is 5.46. The van der Waals surface area contributed by atoms with Crippen molar-refractivity contribution in [3.8, 4) is 0 Å². The summed E-state index contributed by atoms with van der Waals surface area (Å²) in [5.41, 5.74) is 3.27. The quantitative estimate of drug-likeness (QED) is 0.650. The average Bonchev–Trinajstić information content (AvgIpc) is 3.41. The molecule has 1 fully saturated rings. The van der Waals surface area contributed by atoms with Gasteiger partial charge in [0.05, 0.1) is 24.2 Å². The molecule has 25 heavy (non-hydrogen) atoms. The summed E-state index contributed by atoms with van der Waals surface area (Å²) < 4.78 is 2.07. The fourth-order valence-electron chi connectivity index (χ4n) is 3.00. The number of hydrogen-bond donors (Lipinski definition) is 0. The smallest absolute Gasteiger partial charge is 0.233 e. The number of amides is 1. The highest BCUT2D eigenvalue weighted by Gasteiger charge is 2.32. The van der Waals surface area contributed by atoms with Crippen LogP contribution in [0.15, 0.2) is 60.9 Å². The molecule has 0 spiro atoms. The number of thioether (sulfide) groups is 1. The summed E-state index contributed by atoms with van der Waals surface area (Å²) in [7, 11) is 0. The molecule has 1 aromatic carbocycles. The lowest BCUT2D eigenvalue weighted by Crippen LogP contribution is -2.34. The lowest BCUT2D eigenvalue weighted by molar-refractivity contribution is -0.129. The third kappa shape index (κ3) is 3.87. The molecular formula is C20H21N3OS. The molecule has 1 amide bonds. The van der Waals surface area contributed by atoms with Crippen molar-refractivity contribution in [3.63, 3.8) is 0 Å². The van der Waals surface area contributed by atoms with Crippen LogP contribution in [0.3, 0.4) is 0 Å². The van der Waals surface area contributed by atoms with E-state index in [9.17, 15) is 4.79 Å². The Hall–Kier alpha value is -2.27. The summed E-state index contributed by atoms with van der Waals surface area (Å²) in [6.07, 6.45) is 6.13. The van der Waals surface area contributed by atoms with E-state index in [1.54, 1.807) is 11.8 Å². The molecule has 0 saturated heterocycles. The van der Waals surface area contributed by atoms with Crippen molar-refractivity contribution < 1.29 is 4.79 Å². The SMILES string of the molecule is O=C(CSCc1ccccc1)N(Cc1cnc2ccccn12)C1CC1. The largest absolute Gasteiger partial charge is 0.333 e. The van der Waals surface area contributed by atoms with Gasteiger partial charge in [-0.15, -0.1) is 11.8 Å². The molecule has 1 aliphatic carbocycles.